The molecular weight excluding hydrogens is 216 g/mol. The number of fused-ring (bicyclic) bond motifs is 1. The van der Waals surface area contributed by atoms with E-state index in [0.717, 1.165) is 11.0 Å². The van der Waals surface area contributed by atoms with Gasteiger partial charge < -0.3 is 0 Å². The first kappa shape index (κ1) is 9.42. The Morgan fingerprint density at radius 3 is 2.94 bits per heavy atom. The van der Waals surface area contributed by atoms with Crippen LogP contribution in [0, 0.1) is 11.3 Å². The van der Waals surface area contributed by atoms with E-state index in [-0.39, 0.29) is 0 Å². The first-order chi connectivity index (χ1) is 8.38. The standard InChI is InChI=1S/C11H6N6/c12-7-8-5-6-13-11(14-8)17-10-4-2-1-3-9(10)15-16-17/h1-6H. The Morgan fingerprint density at radius 1 is 1.18 bits per heavy atom. The number of hydrogen-bond acceptors (Lipinski definition) is 5. The van der Waals surface area contributed by atoms with Crippen LogP contribution in [0.1, 0.15) is 5.69 Å². The number of para-hydroxylation sites is 1. The van der Waals surface area contributed by atoms with E-state index in [2.05, 4.69) is 20.3 Å². The van der Waals surface area contributed by atoms with Crippen molar-refractivity contribution >= 4 is 11.0 Å². The molecular formula is C11H6N6. The number of benzene rings is 1. The molecule has 0 aliphatic rings. The average Bonchev–Trinajstić information content (AvgIpc) is 2.82. The summed E-state index contributed by atoms with van der Waals surface area (Å²) in [6, 6.07) is 11.0. The van der Waals surface area contributed by atoms with E-state index in [1.165, 1.54) is 10.9 Å². The lowest BCUT2D eigenvalue weighted by atomic mass is 10.3. The summed E-state index contributed by atoms with van der Waals surface area (Å²) in [5, 5.41) is 16.8. The lowest BCUT2D eigenvalue weighted by Gasteiger charge is -1.99. The predicted molar refractivity (Wildman–Crippen MR) is 59.2 cm³/mol. The molecule has 0 radical (unpaired) electrons. The predicted octanol–water partition coefficient (Wildman–Crippen LogP) is 1.08. The second kappa shape index (κ2) is 3.64. The lowest BCUT2D eigenvalue weighted by molar-refractivity contribution is 0.772. The smallest absolute Gasteiger partial charge is 0.220 e. The van der Waals surface area contributed by atoms with Crippen LogP contribution in [0.2, 0.25) is 0 Å². The van der Waals surface area contributed by atoms with Crippen LogP contribution in [0.3, 0.4) is 0 Å². The van der Waals surface area contributed by atoms with Gasteiger partial charge in [0.1, 0.15) is 17.3 Å². The largest absolute Gasteiger partial charge is 0.253 e. The Labute approximate surface area is 96.2 Å². The number of nitriles is 1. The van der Waals surface area contributed by atoms with Gasteiger partial charge in [0, 0.05) is 6.20 Å². The molecule has 17 heavy (non-hydrogen) atoms. The summed E-state index contributed by atoms with van der Waals surface area (Å²) in [5.74, 6) is 0.345. The topological polar surface area (TPSA) is 80.3 Å². The number of aromatic nitrogens is 5. The molecule has 80 valence electrons. The quantitative estimate of drug-likeness (QED) is 0.615. The molecule has 0 aliphatic carbocycles. The normalized spacial score (nSPS) is 10.3. The molecule has 6 nitrogen and oxygen atoms in total. The molecule has 0 bridgehead atoms. The monoisotopic (exact) mass is 222 g/mol. The Morgan fingerprint density at radius 2 is 2.06 bits per heavy atom. The van der Waals surface area contributed by atoms with Gasteiger partial charge in [-0.1, -0.05) is 17.3 Å². The highest BCUT2D eigenvalue weighted by atomic mass is 15.5. The van der Waals surface area contributed by atoms with Crippen molar-refractivity contribution in [3.63, 3.8) is 0 Å². The molecule has 6 heteroatoms. The summed E-state index contributed by atoms with van der Waals surface area (Å²) in [6.07, 6.45) is 1.53. The number of hydrogen-bond donors (Lipinski definition) is 0. The van der Waals surface area contributed by atoms with Gasteiger partial charge in [-0.2, -0.15) is 9.94 Å². The number of rotatable bonds is 1. The molecule has 0 saturated carbocycles. The zero-order valence-electron chi connectivity index (χ0n) is 8.65. The molecule has 3 rings (SSSR count). The highest BCUT2D eigenvalue weighted by Gasteiger charge is 2.08. The molecule has 0 amide bonds. The van der Waals surface area contributed by atoms with Gasteiger partial charge in [0.05, 0.1) is 5.52 Å². The van der Waals surface area contributed by atoms with Crippen LogP contribution in [0.25, 0.3) is 17.0 Å². The fourth-order valence-electron chi connectivity index (χ4n) is 1.53. The SMILES string of the molecule is N#Cc1ccnc(-n2nnc3ccccc32)n1. The van der Waals surface area contributed by atoms with Crippen molar-refractivity contribution in [2.45, 2.75) is 0 Å². The molecule has 0 unspecified atom stereocenters. The highest BCUT2D eigenvalue weighted by Crippen LogP contribution is 2.12. The highest BCUT2D eigenvalue weighted by molar-refractivity contribution is 5.75. The third-order valence-electron chi connectivity index (χ3n) is 2.30. The van der Waals surface area contributed by atoms with Crippen LogP contribution in [-0.2, 0) is 0 Å². The van der Waals surface area contributed by atoms with E-state index in [1.807, 2.05) is 30.3 Å². The van der Waals surface area contributed by atoms with E-state index in [1.54, 1.807) is 6.07 Å². The minimum Gasteiger partial charge on any atom is -0.220 e. The Bertz CT molecular complexity index is 724. The van der Waals surface area contributed by atoms with E-state index in [4.69, 9.17) is 5.26 Å². The van der Waals surface area contributed by atoms with E-state index < -0.39 is 0 Å². The van der Waals surface area contributed by atoms with Crippen LogP contribution in [0.5, 0.6) is 0 Å². The first-order valence-electron chi connectivity index (χ1n) is 4.92. The summed E-state index contributed by atoms with van der Waals surface area (Å²) in [5.41, 5.74) is 1.87. The van der Waals surface area contributed by atoms with Gasteiger partial charge in [-0.3, -0.25) is 0 Å². The van der Waals surface area contributed by atoms with Crippen molar-refractivity contribution < 1.29 is 0 Å². The second-order valence-electron chi connectivity index (χ2n) is 3.34. The van der Waals surface area contributed by atoms with Crippen molar-refractivity contribution in [3.8, 4) is 12.0 Å². The van der Waals surface area contributed by atoms with Crippen LogP contribution in [0.15, 0.2) is 36.5 Å². The first-order valence-corrected chi connectivity index (χ1v) is 4.92. The van der Waals surface area contributed by atoms with Gasteiger partial charge >= 0.3 is 0 Å². The summed E-state index contributed by atoms with van der Waals surface area (Å²) >= 11 is 0. The van der Waals surface area contributed by atoms with Crippen molar-refractivity contribution in [1.29, 1.82) is 5.26 Å². The van der Waals surface area contributed by atoms with Crippen molar-refractivity contribution in [2.24, 2.45) is 0 Å². The van der Waals surface area contributed by atoms with Gasteiger partial charge in [-0.25, -0.2) is 9.97 Å². The summed E-state index contributed by atoms with van der Waals surface area (Å²) in [6.45, 7) is 0. The minimum atomic E-state index is 0.301. The zero-order chi connectivity index (χ0) is 11.7. The second-order valence-corrected chi connectivity index (χ2v) is 3.34. The summed E-state index contributed by atoms with van der Waals surface area (Å²) < 4.78 is 1.51. The fourth-order valence-corrected chi connectivity index (χ4v) is 1.53. The Balaban J connectivity index is 2.24. The maximum absolute atomic E-state index is 8.79. The van der Waals surface area contributed by atoms with Crippen molar-refractivity contribution in [2.75, 3.05) is 0 Å². The summed E-state index contributed by atoms with van der Waals surface area (Å²) in [7, 11) is 0. The molecule has 0 N–H and O–H groups in total. The van der Waals surface area contributed by atoms with Crippen LogP contribution >= 0.6 is 0 Å². The van der Waals surface area contributed by atoms with E-state index >= 15 is 0 Å². The molecule has 0 spiro atoms. The lowest BCUT2D eigenvalue weighted by Crippen LogP contribution is -2.03. The summed E-state index contributed by atoms with van der Waals surface area (Å²) in [4.78, 5) is 8.15. The van der Waals surface area contributed by atoms with E-state index in [0.29, 0.717) is 11.6 Å². The number of nitrogens with zero attached hydrogens (tertiary/aromatic N) is 6. The molecule has 3 aromatic rings. The van der Waals surface area contributed by atoms with Gasteiger partial charge in [0.25, 0.3) is 5.95 Å². The van der Waals surface area contributed by atoms with Gasteiger partial charge in [0.2, 0.25) is 0 Å². The van der Waals surface area contributed by atoms with Crippen LogP contribution in [-0.4, -0.2) is 25.0 Å². The molecule has 0 saturated heterocycles. The van der Waals surface area contributed by atoms with Gasteiger partial charge in [-0.15, -0.1) is 5.10 Å². The minimum absolute atomic E-state index is 0.301. The molecule has 1 aromatic carbocycles. The van der Waals surface area contributed by atoms with Gasteiger partial charge in [-0.05, 0) is 18.2 Å². The maximum atomic E-state index is 8.79. The average molecular weight is 222 g/mol. The molecule has 2 aromatic heterocycles. The van der Waals surface area contributed by atoms with E-state index in [9.17, 15) is 0 Å². The maximum Gasteiger partial charge on any atom is 0.253 e. The fraction of sp³-hybridized carbons (Fsp3) is 0. The Kier molecular flexibility index (Phi) is 2.02. The van der Waals surface area contributed by atoms with Gasteiger partial charge in [0.15, 0.2) is 0 Å². The molecule has 0 fully saturated rings. The van der Waals surface area contributed by atoms with Crippen LogP contribution in [0.4, 0.5) is 0 Å². The molecule has 2 heterocycles. The molecule has 0 aliphatic heterocycles. The van der Waals surface area contributed by atoms with Crippen LogP contribution < -0.4 is 0 Å². The Hall–Kier alpha value is -2.81. The third kappa shape index (κ3) is 1.50. The van der Waals surface area contributed by atoms with Crippen molar-refractivity contribution in [1.82, 2.24) is 25.0 Å². The van der Waals surface area contributed by atoms with Crippen molar-refractivity contribution in [3.05, 3.63) is 42.2 Å². The molecule has 0 atom stereocenters. The third-order valence-corrected chi connectivity index (χ3v) is 2.30. The zero-order valence-corrected chi connectivity index (χ0v) is 8.65.